The van der Waals surface area contributed by atoms with Gasteiger partial charge >= 0.3 is 0 Å². The van der Waals surface area contributed by atoms with E-state index in [9.17, 15) is 0 Å². The van der Waals surface area contributed by atoms with Crippen molar-refractivity contribution < 1.29 is 0 Å². The van der Waals surface area contributed by atoms with Gasteiger partial charge in [-0.25, -0.2) is 4.98 Å². The van der Waals surface area contributed by atoms with Crippen LogP contribution in [0.3, 0.4) is 0 Å². The van der Waals surface area contributed by atoms with Gasteiger partial charge in [0.05, 0.1) is 5.69 Å². The van der Waals surface area contributed by atoms with Gasteiger partial charge in [0.15, 0.2) is 0 Å². The van der Waals surface area contributed by atoms with Crippen molar-refractivity contribution in [3.8, 4) is 0 Å². The van der Waals surface area contributed by atoms with Crippen LogP contribution in [-0.2, 0) is 0 Å². The zero-order chi connectivity index (χ0) is 15.8. The van der Waals surface area contributed by atoms with Crippen molar-refractivity contribution in [1.82, 2.24) is 15.3 Å². The third-order valence-corrected chi connectivity index (χ3v) is 5.07. The lowest BCUT2D eigenvalue weighted by atomic mass is 10.1. The molecular weight excluding hydrogens is 286 g/mol. The van der Waals surface area contributed by atoms with Crippen LogP contribution in [0.5, 0.6) is 0 Å². The van der Waals surface area contributed by atoms with Crippen LogP contribution in [0.15, 0.2) is 36.4 Å². The number of anilines is 2. The Hall–Kier alpha value is -2.14. The van der Waals surface area contributed by atoms with Crippen molar-refractivity contribution in [2.75, 3.05) is 30.8 Å². The Morgan fingerprint density at radius 3 is 2.74 bits per heavy atom. The van der Waals surface area contributed by atoms with Crippen molar-refractivity contribution in [2.24, 2.45) is 0 Å². The molecule has 5 nitrogen and oxygen atoms in total. The number of aromatic nitrogens is 2. The van der Waals surface area contributed by atoms with Crippen LogP contribution >= 0.6 is 0 Å². The lowest BCUT2D eigenvalue weighted by Crippen LogP contribution is -2.30. The highest BCUT2D eigenvalue weighted by Gasteiger charge is 2.41. The molecule has 1 aromatic carbocycles. The van der Waals surface area contributed by atoms with Crippen LogP contribution in [0.4, 0.5) is 11.8 Å². The van der Waals surface area contributed by atoms with Gasteiger partial charge in [0.2, 0.25) is 5.95 Å². The zero-order valence-corrected chi connectivity index (χ0v) is 13.4. The largest absolute Gasteiger partial charge is 0.368 e. The van der Waals surface area contributed by atoms with E-state index in [-0.39, 0.29) is 0 Å². The molecule has 1 aromatic heterocycles. The SMILES string of the molecule is CN[C@@H]1CCN(c2cc(C3CC3c3ccccc3)nc(N)n2)C1. The maximum absolute atomic E-state index is 5.98. The number of nitrogen functional groups attached to an aromatic ring is 1. The molecule has 4 rings (SSSR count). The monoisotopic (exact) mass is 309 g/mol. The Kier molecular flexibility index (Phi) is 3.65. The predicted octanol–water partition coefficient (Wildman–Crippen LogP) is 2.13. The van der Waals surface area contributed by atoms with Gasteiger partial charge in [0.25, 0.3) is 0 Å². The number of nitrogens with one attached hydrogen (secondary N) is 1. The van der Waals surface area contributed by atoms with E-state index in [1.54, 1.807) is 0 Å². The van der Waals surface area contributed by atoms with Crippen LogP contribution in [0.25, 0.3) is 0 Å². The molecule has 0 spiro atoms. The molecule has 1 aliphatic heterocycles. The van der Waals surface area contributed by atoms with Gasteiger partial charge in [0, 0.05) is 31.1 Å². The normalized spacial score (nSPS) is 26.5. The van der Waals surface area contributed by atoms with Crippen LogP contribution in [0, 0.1) is 0 Å². The predicted molar refractivity (Wildman–Crippen MR) is 92.7 cm³/mol. The second kappa shape index (κ2) is 5.81. The highest BCUT2D eigenvalue weighted by atomic mass is 15.2. The summed E-state index contributed by atoms with van der Waals surface area (Å²) in [5.41, 5.74) is 8.47. The number of hydrogen-bond acceptors (Lipinski definition) is 5. The lowest BCUT2D eigenvalue weighted by Gasteiger charge is -2.18. The fraction of sp³-hybridized carbons (Fsp3) is 0.444. The number of hydrogen-bond donors (Lipinski definition) is 2. The maximum atomic E-state index is 5.98. The first-order valence-corrected chi connectivity index (χ1v) is 8.36. The smallest absolute Gasteiger partial charge is 0.222 e. The van der Waals surface area contributed by atoms with E-state index in [1.165, 1.54) is 5.56 Å². The van der Waals surface area contributed by atoms with Gasteiger partial charge in [-0.05, 0) is 31.4 Å². The third kappa shape index (κ3) is 2.88. The Balaban J connectivity index is 1.54. The quantitative estimate of drug-likeness (QED) is 0.905. The molecule has 2 aliphatic rings. The maximum Gasteiger partial charge on any atom is 0.222 e. The number of rotatable bonds is 4. The van der Waals surface area contributed by atoms with E-state index in [1.807, 2.05) is 7.05 Å². The summed E-state index contributed by atoms with van der Waals surface area (Å²) >= 11 is 0. The second-order valence-electron chi connectivity index (χ2n) is 6.59. The zero-order valence-electron chi connectivity index (χ0n) is 13.4. The summed E-state index contributed by atoms with van der Waals surface area (Å²) in [6, 6.07) is 13.4. The molecular formula is C18H23N5. The Bertz CT molecular complexity index is 687. The average Bonchev–Trinajstić information content (AvgIpc) is 3.24. The fourth-order valence-corrected chi connectivity index (χ4v) is 3.62. The summed E-state index contributed by atoms with van der Waals surface area (Å²) in [6.07, 6.45) is 2.30. The minimum absolute atomic E-state index is 0.393. The van der Waals surface area contributed by atoms with Crippen LogP contribution in [0.1, 0.15) is 35.9 Å². The molecule has 23 heavy (non-hydrogen) atoms. The topological polar surface area (TPSA) is 67.1 Å². The summed E-state index contributed by atoms with van der Waals surface area (Å²) < 4.78 is 0. The lowest BCUT2D eigenvalue weighted by molar-refractivity contribution is 0.616. The molecule has 5 heteroatoms. The summed E-state index contributed by atoms with van der Waals surface area (Å²) in [5, 5.41) is 3.34. The van der Waals surface area contributed by atoms with E-state index >= 15 is 0 Å². The van der Waals surface area contributed by atoms with Crippen molar-refractivity contribution in [2.45, 2.75) is 30.7 Å². The van der Waals surface area contributed by atoms with E-state index in [0.29, 0.717) is 23.8 Å². The van der Waals surface area contributed by atoms with Gasteiger partial charge < -0.3 is 16.0 Å². The molecule has 0 radical (unpaired) electrons. The molecule has 1 saturated heterocycles. The number of likely N-dealkylation sites (N-methyl/N-ethyl adjacent to an activating group) is 1. The summed E-state index contributed by atoms with van der Waals surface area (Å²) in [5.74, 6) is 2.42. The summed E-state index contributed by atoms with van der Waals surface area (Å²) in [7, 11) is 2.02. The highest BCUT2D eigenvalue weighted by Crippen LogP contribution is 2.54. The van der Waals surface area contributed by atoms with Gasteiger partial charge in [-0.3, -0.25) is 0 Å². The Morgan fingerprint density at radius 1 is 1.17 bits per heavy atom. The van der Waals surface area contributed by atoms with E-state index in [0.717, 1.165) is 37.4 Å². The molecule has 2 unspecified atom stereocenters. The molecule has 120 valence electrons. The first-order valence-electron chi connectivity index (χ1n) is 8.36. The van der Waals surface area contributed by atoms with Crippen LogP contribution < -0.4 is 16.0 Å². The summed E-state index contributed by atoms with van der Waals surface area (Å²) in [4.78, 5) is 11.3. The van der Waals surface area contributed by atoms with Crippen molar-refractivity contribution in [3.63, 3.8) is 0 Å². The Morgan fingerprint density at radius 2 is 2.00 bits per heavy atom. The average molecular weight is 309 g/mol. The van der Waals surface area contributed by atoms with Crippen molar-refractivity contribution >= 4 is 11.8 Å². The Labute approximate surface area is 136 Å². The molecule has 2 aromatic rings. The first kappa shape index (κ1) is 14.5. The fourth-order valence-electron chi connectivity index (χ4n) is 3.62. The van der Waals surface area contributed by atoms with Crippen LogP contribution in [-0.4, -0.2) is 36.1 Å². The van der Waals surface area contributed by atoms with Gasteiger partial charge in [-0.2, -0.15) is 4.98 Å². The van der Waals surface area contributed by atoms with Gasteiger partial charge in [0.1, 0.15) is 5.82 Å². The molecule has 2 heterocycles. The molecule has 0 bridgehead atoms. The summed E-state index contributed by atoms with van der Waals surface area (Å²) in [6.45, 7) is 2.01. The number of benzene rings is 1. The molecule has 3 atom stereocenters. The third-order valence-electron chi connectivity index (χ3n) is 5.07. The van der Waals surface area contributed by atoms with E-state index in [4.69, 9.17) is 5.73 Å². The molecule has 0 amide bonds. The van der Waals surface area contributed by atoms with Gasteiger partial charge in [-0.15, -0.1) is 0 Å². The minimum Gasteiger partial charge on any atom is -0.368 e. The minimum atomic E-state index is 0.393. The molecule has 1 aliphatic carbocycles. The number of nitrogens with zero attached hydrogens (tertiary/aromatic N) is 3. The molecule has 1 saturated carbocycles. The second-order valence-corrected chi connectivity index (χ2v) is 6.59. The standard InChI is InChI=1S/C18H23N5/c1-20-13-7-8-23(11-13)17-10-16(21-18(19)22-17)15-9-14(15)12-5-3-2-4-6-12/h2-6,10,13-15,20H,7-9,11H2,1H3,(H2,19,21,22)/t13-,14?,15?/m1/s1. The molecule has 2 fully saturated rings. The van der Waals surface area contributed by atoms with Crippen LogP contribution in [0.2, 0.25) is 0 Å². The number of nitrogens with two attached hydrogens (primary N) is 1. The van der Waals surface area contributed by atoms with Gasteiger partial charge in [-0.1, -0.05) is 30.3 Å². The first-order chi connectivity index (χ1) is 11.2. The van der Waals surface area contributed by atoms with Crippen molar-refractivity contribution in [1.29, 1.82) is 0 Å². The van der Waals surface area contributed by atoms with Crippen molar-refractivity contribution in [3.05, 3.63) is 47.7 Å². The van der Waals surface area contributed by atoms with E-state index in [2.05, 4.69) is 56.6 Å². The van der Waals surface area contributed by atoms with E-state index < -0.39 is 0 Å². The molecule has 3 N–H and O–H groups in total. The highest BCUT2D eigenvalue weighted by molar-refractivity contribution is 5.47.